The molecule has 1 heteroatoms. The second-order valence-electron chi connectivity index (χ2n) is 4.36. The van der Waals surface area contributed by atoms with Gasteiger partial charge in [-0.25, -0.2) is 0 Å². The lowest BCUT2D eigenvalue weighted by Crippen LogP contribution is -1.99. The smallest absolute Gasteiger partial charge is 0.00650 e. The molecule has 0 amide bonds. The van der Waals surface area contributed by atoms with E-state index >= 15 is 0 Å². The van der Waals surface area contributed by atoms with Crippen LogP contribution in [0, 0.1) is 17.3 Å². The first-order valence-corrected chi connectivity index (χ1v) is 5.43. The average molecular weight is 203 g/mol. The molecule has 0 radical (unpaired) electrons. The highest BCUT2D eigenvalue weighted by atomic mass is 79.9. The maximum absolute atomic E-state index is 3.56. The number of hydrogen-bond acceptors (Lipinski definition) is 0. The van der Waals surface area contributed by atoms with Gasteiger partial charge in [0.2, 0.25) is 0 Å². The molecule has 2 saturated carbocycles. The van der Waals surface area contributed by atoms with Crippen molar-refractivity contribution >= 4 is 15.9 Å². The number of halogens is 1. The summed E-state index contributed by atoms with van der Waals surface area (Å²) < 4.78 is 0. The summed E-state index contributed by atoms with van der Waals surface area (Å²) in [6, 6.07) is 0. The molecule has 0 bridgehead atoms. The monoisotopic (exact) mass is 202 g/mol. The molecule has 0 heterocycles. The van der Waals surface area contributed by atoms with Crippen LogP contribution in [0.3, 0.4) is 0 Å². The van der Waals surface area contributed by atoms with Crippen molar-refractivity contribution in [2.45, 2.75) is 32.6 Å². The Morgan fingerprint density at radius 1 is 1.50 bits per heavy atom. The van der Waals surface area contributed by atoms with Gasteiger partial charge < -0.3 is 0 Å². The molecule has 0 spiro atoms. The van der Waals surface area contributed by atoms with Gasteiger partial charge in [-0.2, -0.15) is 0 Å². The zero-order valence-electron chi connectivity index (χ0n) is 6.57. The fourth-order valence-corrected chi connectivity index (χ4v) is 2.99. The van der Waals surface area contributed by atoms with E-state index in [9.17, 15) is 0 Å². The maximum atomic E-state index is 3.56. The Morgan fingerprint density at radius 2 is 2.20 bits per heavy atom. The van der Waals surface area contributed by atoms with E-state index in [1.54, 1.807) is 0 Å². The normalized spacial score (nSPS) is 45.6. The predicted molar refractivity (Wildman–Crippen MR) is 47.3 cm³/mol. The molecule has 2 rings (SSSR count). The molecular formula is C9H15Br. The molecule has 2 fully saturated rings. The van der Waals surface area contributed by atoms with Crippen LogP contribution in [0.15, 0.2) is 0 Å². The molecule has 0 nitrogen and oxygen atoms in total. The summed E-state index contributed by atoms with van der Waals surface area (Å²) in [6.45, 7) is 2.46. The Kier molecular flexibility index (Phi) is 1.59. The van der Waals surface area contributed by atoms with E-state index in [1.807, 2.05) is 0 Å². The van der Waals surface area contributed by atoms with Gasteiger partial charge in [-0.15, -0.1) is 0 Å². The maximum Gasteiger partial charge on any atom is 0.00650 e. The molecular weight excluding hydrogens is 188 g/mol. The van der Waals surface area contributed by atoms with Gasteiger partial charge in [0.25, 0.3) is 0 Å². The number of rotatable bonds is 3. The Bertz CT molecular complexity index is 140. The lowest BCUT2D eigenvalue weighted by atomic mass is 9.99. The third-order valence-electron chi connectivity index (χ3n) is 3.18. The van der Waals surface area contributed by atoms with Crippen molar-refractivity contribution in [2.24, 2.45) is 17.3 Å². The van der Waals surface area contributed by atoms with Crippen molar-refractivity contribution in [3.63, 3.8) is 0 Å². The fraction of sp³-hybridized carbons (Fsp3) is 1.00. The van der Waals surface area contributed by atoms with Crippen LogP contribution in [-0.4, -0.2) is 5.33 Å². The van der Waals surface area contributed by atoms with E-state index in [-0.39, 0.29) is 0 Å². The van der Waals surface area contributed by atoms with Gasteiger partial charge in [0.1, 0.15) is 0 Å². The van der Waals surface area contributed by atoms with Crippen molar-refractivity contribution in [1.82, 2.24) is 0 Å². The highest BCUT2D eigenvalue weighted by Gasteiger charge is 2.50. The van der Waals surface area contributed by atoms with Gasteiger partial charge in [0.15, 0.2) is 0 Å². The first kappa shape index (κ1) is 7.15. The van der Waals surface area contributed by atoms with Crippen LogP contribution in [0.1, 0.15) is 32.6 Å². The second-order valence-corrected chi connectivity index (χ2v) is 5.00. The highest BCUT2D eigenvalue weighted by molar-refractivity contribution is 9.09. The Morgan fingerprint density at radius 3 is 2.60 bits per heavy atom. The lowest BCUT2D eigenvalue weighted by molar-refractivity contribution is 0.446. The van der Waals surface area contributed by atoms with Crippen molar-refractivity contribution in [2.75, 3.05) is 5.33 Å². The molecule has 2 aliphatic carbocycles. The van der Waals surface area contributed by atoms with Crippen molar-refractivity contribution in [3.05, 3.63) is 0 Å². The zero-order valence-corrected chi connectivity index (χ0v) is 8.15. The topological polar surface area (TPSA) is 0 Å². The molecule has 0 N–H and O–H groups in total. The van der Waals surface area contributed by atoms with E-state index in [2.05, 4.69) is 22.9 Å². The third kappa shape index (κ3) is 1.25. The van der Waals surface area contributed by atoms with E-state index in [4.69, 9.17) is 0 Å². The molecule has 0 aromatic carbocycles. The Hall–Kier alpha value is 0.480. The second kappa shape index (κ2) is 2.23. The Balaban J connectivity index is 1.81. The van der Waals surface area contributed by atoms with Gasteiger partial charge in [0, 0.05) is 5.33 Å². The van der Waals surface area contributed by atoms with Crippen LogP contribution >= 0.6 is 15.9 Å². The van der Waals surface area contributed by atoms with Crippen LogP contribution in [0.25, 0.3) is 0 Å². The highest BCUT2D eigenvalue weighted by Crippen LogP contribution is 2.59. The standard InChI is InChI=1S/C9H15Br/c1-9(4-7-2-3-7)5-8(9)6-10/h7-8H,2-6H2,1H3. The van der Waals surface area contributed by atoms with Gasteiger partial charge in [-0.3, -0.25) is 0 Å². The summed E-state index contributed by atoms with van der Waals surface area (Å²) in [4.78, 5) is 0. The molecule has 2 atom stereocenters. The molecule has 0 saturated heterocycles. The SMILES string of the molecule is CC1(CC2CC2)CC1CBr. The number of alkyl halides is 1. The van der Waals surface area contributed by atoms with E-state index in [0.717, 1.165) is 17.3 Å². The van der Waals surface area contributed by atoms with Gasteiger partial charge in [0.05, 0.1) is 0 Å². The van der Waals surface area contributed by atoms with Gasteiger partial charge >= 0.3 is 0 Å². The quantitative estimate of drug-likeness (QED) is 0.618. The molecule has 2 unspecified atom stereocenters. The summed E-state index contributed by atoms with van der Waals surface area (Å²) in [5, 5.41) is 1.23. The Labute approximate surface area is 71.5 Å². The van der Waals surface area contributed by atoms with Crippen LogP contribution in [0.5, 0.6) is 0 Å². The summed E-state index contributed by atoms with van der Waals surface area (Å²) in [5.74, 6) is 2.13. The molecule has 0 aliphatic heterocycles. The molecule has 0 aromatic heterocycles. The zero-order chi connectivity index (χ0) is 7.19. The fourth-order valence-electron chi connectivity index (χ4n) is 1.98. The minimum atomic E-state index is 0.755. The minimum Gasteiger partial charge on any atom is -0.0925 e. The predicted octanol–water partition coefficient (Wildman–Crippen LogP) is 3.21. The summed E-state index contributed by atoms with van der Waals surface area (Å²) >= 11 is 3.56. The van der Waals surface area contributed by atoms with Gasteiger partial charge in [-0.05, 0) is 30.1 Å². The van der Waals surface area contributed by atoms with Crippen molar-refractivity contribution < 1.29 is 0 Å². The van der Waals surface area contributed by atoms with Crippen LogP contribution in [0.2, 0.25) is 0 Å². The van der Waals surface area contributed by atoms with Crippen LogP contribution in [-0.2, 0) is 0 Å². The third-order valence-corrected chi connectivity index (χ3v) is 3.96. The average Bonchev–Trinajstić information content (AvgIpc) is 2.73. The molecule has 10 heavy (non-hydrogen) atoms. The van der Waals surface area contributed by atoms with Crippen LogP contribution < -0.4 is 0 Å². The van der Waals surface area contributed by atoms with E-state index in [0.29, 0.717) is 0 Å². The molecule has 2 aliphatic rings. The summed E-state index contributed by atoms with van der Waals surface area (Å²) in [6.07, 6.45) is 6.03. The summed E-state index contributed by atoms with van der Waals surface area (Å²) in [5.41, 5.74) is 0.755. The molecule has 0 aromatic rings. The first-order chi connectivity index (χ1) is 4.74. The van der Waals surface area contributed by atoms with Gasteiger partial charge in [-0.1, -0.05) is 35.7 Å². The lowest BCUT2D eigenvalue weighted by Gasteiger charge is -2.07. The minimum absolute atomic E-state index is 0.755. The largest absolute Gasteiger partial charge is 0.0925 e. The summed E-state index contributed by atoms with van der Waals surface area (Å²) in [7, 11) is 0. The van der Waals surface area contributed by atoms with Crippen molar-refractivity contribution in [1.29, 1.82) is 0 Å². The first-order valence-electron chi connectivity index (χ1n) is 4.30. The number of hydrogen-bond donors (Lipinski definition) is 0. The molecule has 58 valence electrons. The van der Waals surface area contributed by atoms with Crippen molar-refractivity contribution in [3.8, 4) is 0 Å². The van der Waals surface area contributed by atoms with E-state index in [1.165, 1.54) is 31.0 Å². The van der Waals surface area contributed by atoms with E-state index < -0.39 is 0 Å². The van der Waals surface area contributed by atoms with Crippen LogP contribution in [0.4, 0.5) is 0 Å².